The molecule has 0 atom stereocenters. The number of benzene rings is 1. The Bertz CT molecular complexity index is 1750. The number of likely N-dealkylation sites (tertiary alicyclic amines) is 1. The van der Waals surface area contributed by atoms with Gasteiger partial charge in [-0.15, -0.1) is 0 Å². The summed E-state index contributed by atoms with van der Waals surface area (Å²) in [6, 6.07) is 3.01. The number of rotatable bonds is 6. The minimum atomic E-state index is -4.93. The number of ether oxygens (including phenoxy) is 1. The number of aromatic nitrogens is 3. The van der Waals surface area contributed by atoms with Crippen LogP contribution in [0.1, 0.15) is 18.4 Å². The molecule has 15 heteroatoms. The van der Waals surface area contributed by atoms with Gasteiger partial charge in [0.2, 0.25) is 5.91 Å². The number of halogens is 4. The van der Waals surface area contributed by atoms with Crippen molar-refractivity contribution in [2.75, 3.05) is 31.1 Å². The molecule has 0 bridgehead atoms. The van der Waals surface area contributed by atoms with Crippen LogP contribution in [0.15, 0.2) is 66.9 Å². The Kier molecular flexibility index (Phi) is 7.51. The standard InChI is InChI=1S/C30H29F4N7O4/c1-2-3-6-21-25(35)38-28(44)45-29(21)8-10-39(11-9-29)22(43)15-41-14-19(18-5-4-7-20(24(18)31)30(32,33)34)23-26(36-16-37-27(23)41)40-12-17(42)13-40/h2-7,14,16-17,42H,1,8-13,15,35H2,(H,38,44)/b6-3-. The van der Waals surface area contributed by atoms with Crippen molar-refractivity contribution in [1.29, 1.82) is 0 Å². The highest BCUT2D eigenvalue weighted by molar-refractivity contribution is 6.02. The average Bonchev–Trinajstić information content (AvgIpc) is 3.33. The summed E-state index contributed by atoms with van der Waals surface area (Å²) in [5, 5.41) is 12.6. The van der Waals surface area contributed by atoms with Gasteiger partial charge >= 0.3 is 12.3 Å². The lowest BCUT2D eigenvalue weighted by Crippen LogP contribution is -2.55. The second-order valence-electron chi connectivity index (χ2n) is 11.1. The zero-order valence-electron chi connectivity index (χ0n) is 23.9. The fourth-order valence-electron chi connectivity index (χ4n) is 6.08. The Hall–Kier alpha value is -4.92. The summed E-state index contributed by atoms with van der Waals surface area (Å²) in [6.07, 6.45) is 1.87. The van der Waals surface area contributed by atoms with Crippen molar-refractivity contribution in [3.05, 3.63) is 78.3 Å². The third-order valence-electron chi connectivity index (χ3n) is 8.32. The molecule has 6 rings (SSSR count). The number of amides is 2. The average molecular weight is 628 g/mol. The molecular formula is C30H29F4N7O4. The Morgan fingerprint density at radius 2 is 1.96 bits per heavy atom. The van der Waals surface area contributed by atoms with Crippen molar-refractivity contribution in [3.8, 4) is 11.1 Å². The molecule has 3 aromatic rings. The van der Waals surface area contributed by atoms with Crippen LogP contribution in [-0.2, 0) is 22.3 Å². The van der Waals surface area contributed by atoms with Gasteiger partial charge in [0.1, 0.15) is 41.6 Å². The molecule has 2 fully saturated rings. The number of hydrogen-bond acceptors (Lipinski definition) is 8. The number of allylic oxidation sites excluding steroid dienone is 2. The molecule has 1 aromatic carbocycles. The van der Waals surface area contributed by atoms with Crippen molar-refractivity contribution in [1.82, 2.24) is 24.8 Å². The van der Waals surface area contributed by atoms with Crippen LogP contribution < -0.4 is 16.0 Å². The summed E-state index contributed by atoms with van der Waals surface area (Å²) in [5.74, 6) is -1.33. The molecule has 3 aliphatic heterocycles. The summed E-state index contributed by atoms with van der Waals surface area (Å²) in [5.41, 5.74) is 4.17. The van der Waals surface area contributed by atoms with E-state index in [0.29, 0.717) is 17.5 Å². The summed E-state index contributed by atoms with van der Waals surface area (Å²) in [6.45, 7) is 4.27. The number of aliphatic hydroxyl groups is 1. The highest BCUT2D eigenvalue weighted by atomic mass is 19.4. The molecule has 5 heterocycles. The van der Waals surface area contributed by atoms with E-state index in [-0.39, 0.29) is 79.5 Å². The number of fused-ring (bicyclic) bond motifs is 1. The highest BCUT2D eigenvalue weighted by Crippen LogP contribution is 2.42. The minimum Gasteiger partial charge on any atom is -0.437 e. The maximum absolute atomic E-state index is 15.4. The second kappa shape index (κ2) is 11.2. The van der Waals surface area contributed by atoms with Crippen molar-refractivity contribution in [2.45, 2.75) is 37.3 Å². The first-order valence-electron chi connectivity index (χ1n) is 14.1. The van der Waals surface area contributed by atoms with Crippen LogP contribution in [0.4, 0.5) is 28.2 Å². The molecule has 2 amide bonds. The smallest absolute Gasteiger partial charge is 0.419 e. The molecule has 4 N–H and O–H groups in total. The monoisotopic (exact) mass is 627 g/mol. The van der Waals surface area contributed by atoms with E-state index in [1.54, 1.807) is 28.0 Å². The SMILES string of the molecule is C=C/C=C\C1=C(N)NC(=O)OC12CCN(C(=O)Cn1cc(-c3cccc(C(F)(F)F)c3F)c3c(N4CC(O)C4)ncnc31)CC2. The first-order chi connectivity index (χ1) is 21.4. The number of anilines is 1. The molecule has 2 aromatic heterocycles. The van der Waals surface area contributed by atoms with E-state index < -0.39 is 35.4 Å². The fraction of sp³-hybridized carbons (Fsp3) is 0.333. The molecule has 0 saturated carbocycles. The van der Waals surface area contributed by atoms with E-state index in [1.807, 2.05) is 0 Å². The van der Waals surface area contributed by atoms with Crippen LogP contribution in [0.25, 0.3) is 22.2 Å². The number of alkyl halides is 3. The van der Waals surface area contributed by atoms with Gasteiger partial charge < -0.3 is 29.9 Å². The minimum absolute atomic E-state index is 0.0804. The lowest BCUT2D eigenvalue weighted by Gasteiger charge is -2.44. The third-order valence-corrected chi connectivity index (χ3v) is 8.32. The number of carbonyl (C=O) groups is 2. The topological polar surface area (TPSA) is 139 Å². The van der Waals surface area contributed by atoms with Gasteiger partial charge in [-0.1, -0.05) is 36.9 Å². The van der Waals surface area contributed by atoms with Crippen LogP contribution in [0, 0.1) is 5.82 Å². The van der Waals surface area contributed by atoms with Gasteiger partial charge in [-0.25, -0.2) is 19.2 Å². The number of nitrogens with zero attached hydrogens (tertiary/aromatic N) is 5. The molecule has 11 nitrogen and oxygen atoms in total. The Morgan fingerprint density at radius 1 is 1.22 bits per heavy atom. The van der Waals surface area contributed by atoms with Gasteiger partial charge in [-0.2, -0.15) is 13.2 Å². The number of alkyl carbamates (subject to hydrolysis) is 1. The first-order valence-corrected chi connectivity index (χ1v) is 14.1. The maximum atomic E-state index is 15.4. The quantitative estimate of drug-likeness (QED) is 0.279. The van der Waals surface area contributed by atoms with Crippen LogP contribution >= 0.6 is 0 Å². The van der Waals surface area contributed by atoms with Gasteiger partial charge in [0.15, 0.2) is 0 Å². The highest BCUT2D eigenvalue weighted by Gasteiger charge is 2.45. The number of aliphatic hydroxyl groups excluding tert-OH is 1. The summed E-state index contributed by atoms with van der Waals surface area (Å²) in [4.78, 5) is 37.7. The van der Waals surface area contributed by atoms with Crippen molar-refractivity contribution < 1.29 is 37.0 Å². The van der Waals surface area contributed by atoms with Gasteiger partial charge in [0.25, 0.3) is 0 Å². The number of β-amino-alcohol motifs (C(OH)–C–C–N with tert-alkyl or cyclic N) is 1. The normalized spacial score (nSPS) is 18.8. The van der Waals surface area contributed by atoms with E-state index in [4.69, 9.17) is 10.5 Å². The summed E-state index contributed by atoms with van der Waals surface area (Å²) in [7, 11) is 0. The molecular weight excluding hydrogens is 598 g/mol. The molecule has 45 heavy (non-hydrogen) atoms. The van der Waals surface area contributed by atoms with Crippen LogP contribution in [0.5, 0.6) is 0 Å². The molecule has 0 aliphatic carbocycles. The number of piperidine rings is 1. The van der Waals surface area contributed by atoms with Gasteiger partial charge in [-0.3, -0.25) is 10.1 Å². The number of nitrogens with one attached hydrogen (secondary N) is 1. The summed E-state index contributed by atoms with van der Waals surface area (Å²) >= 11 is 0. The predicted molar refractivity (Wildman–Crippen MR) is 155 cm³/mol. The molecule has 0 radical (unpaired) electrons. The van der Waals surface area contributed by atoms with E-state index in [2.05, 4.69) is 21.9 Å². The van der Waals surface area contributed by atoms with Crippen molar-refractivity contribution in [2.24, 2.45) is 5.73 Å². The number of nitrogens with two attached hydrogens (primary N) is 1. The second-order valence-corrected chi connectivity index (χ2v) is 11.1. The molecule has 236 valence electrons. The van der Waals surface area contributed by atoms with Crippen LogP contribution in [0.2, 0.25) is 0 Å². The largest absolute Gasteiger partial charge is 0.437 e. The number of hydrogen-bond donors (Lipinski definition) is 3. The van der Waals surface area contributed by atoms with E-state index in [0.717, 1.165) is 6.07 Å². The molecule has 1 spiro atoms. The third kappa shape index (κ3) is 5.36. The lowest BCUT2D eigenvalue weighted by molar-refractivity contribution is -0.140. The van der Waals surface area contributed by atoms with E-state index in [9.17, 15) is 27.9 Å². The molecule has 3 aliphatic rings. The Labute approximate surface area is 254 Å². The van der Waals surface area contributed by atoms with Crippen molar-refractivity contribution >= 4 is 28.9 Å². The van der Waals surface area contributed by atoms with Crippen molar-refractivity contribution in [3.63, 3.8) is 0 Å². The van der Waals surface area contributed by atoms with E-state index in [1.165, 1.54) is 23.2 Å². The van der Waals surface area contributed by atoms with E-state index >= 15 is 4.39 Å². The summed E-state index contributed by atoms with van der Waals surface area (Å²) < 4.78 is 63.4. The van der Waals surface area contributed by atoms with Gasteiger partial charge in [-0.05, 0) is 6.07 Å². The van der Waals surface area contributed by atoms with Crippen LogP contribution in [0.3, 0.4) is 0 Å². The Balaban J connectivity index is 1.33. The lowest BCUT2D eigenvalue weighted by atomic mass is 9.82. The first kappa shape index (κ1) is 30.1. The van der Waals surface area contributed by atoms with Crippen LogP contribution in [-0.4, -0.2) is 74.4 Å². The fourth-order valence-corrected chi connectivity index (χ4v) is 6.08. The maximum Gasteiger partial charge on any atom is 0.419 e. The predicted octanol–water partition coefficient (Wildman–Crippen LogP) is 3.45. The molecule has 2 saturated heterocycles. The Morgan fingerprint density at radius 3 is 2.62 bits per heavy atom. The molecule has 0 unspecified atom stereocenters. The van der Waals surface area contributed by atoms with Gasteiger partial charge in [0, 0.05) is 61.9 Å². The number of carbonyl (C=O) groups excluding carboxylic acids is 2. The zero-order valence-corrected chi connectivity index (χ0v) is 23.9. The zero-order chi connectivity index (χ0) is 32.1. The van der Waals surface area contributed by atoms with Gasteiger partial charge in [0.05, 0.1) is 17.1 Å².